The molecule has 2 aromatic carbocycles. The van der Waals surface area contributed by atoms with Gasteiger partial charge in [-0.3, -0.25) is 4.79 Å². The van der Waals surface area contributed by atoms with Gasteiger partial charge in [0, 0.05) is 13.0 Å². The molecule has 2 N–H and O–H groups in total. The van der Waals surface area contributed by atoms with Crippen LogP contribution in [-0.2, 0) is 11.3 Å². The van der Waals surface area contributed by atoms with Crippen LogP contribution in [0, 0.1) is 11.8 Å². The highest BCUT2D eigenvalue weighted by atomic mass is 16.1. The van der Waals surface area contributed by atoms with Crippen molar-refractivity contribution in [2.75, 3.05) is 13.1 Å². The molecule has 3 nitrogen and oxygen atoms in total. The van der Waals surface area contributed by atoms with E-state index in [1.165, 1.54) is 23.6 Å². The maximum atomic E-state index is 12.2. The van der Waals surface area contributed by atoms with Gasteiger partial charge < -0.3 is 10.6 Å². The summed E-state index contributed by atoms with van der Waals surface area (Å²) in [6.45, 7) is 5.01. The Balaban J connectivity index is 1.51. The van der Waals surface area contributed by atoms with Crippen LogP contribution in [0.15, 0.2) is 42.5 Å². The molecule has 1 aliphatic heterocycles. The minimum atomic E-state index is 0.171. The fourth-order valence-corrected chi connectivity index (χ4v) is 3.49. The average molecular weight is 310 g/mol. The third-order valence-electron chi connectivity index (χ3n) is 5.00. The van der Waals surface area contributed by atoms with Gasteiger partial charge in [-0.25, -0.2) is 0 Å². The first-order valence-electron chi connectivity index (χ1n) is 8.67. The average Bonchev–Trinajstić information content (AvgIpc) is 2.60. The van der Waals surface area contributed by atoms with E-state index in [0.29, 0.717) is 24.8 Å². The quantitative estimate of drug-likeness (QED) is 0.887. The van der Waals surface area contributed by atoms with Gasteiger partial charge in [-0.1, -0.05) is 43.3 Å². The van der Waals surface area contributed by atoms with Gasteiger partial charge in [-0.15, -0.1) is 0 Å². The van der Waals surface area contributed by atoms with Crippen molar-refractivity contribution in [2.45, 2.75) is 32.7 Å². The van der Waals surface area contributed by atoms with Crippen LogP contribution in [0.5, 0.6) is 0 Å². The summed E-state index contributed by atoms with van der Waals surface area (Å²) in [7, 11) is 0. The number of amides is 1. The minimum absolute atomic E-state index is 0.171. The lowest BCUT2D eigenvalue weighted by Crippen LogP contribution is -2.33. The third kappa shape index (κ3) is 4.32. The standard InChI is InChI=1S/C20H26N2O/c1-15(17-8-10-21-11-9-17)12-20(23)22-14-16-6-7-18-4-2-3-5-19(18)13-16/h2-7,13,15,17,21H,8-12,14H2,1H3,(H,22,23). The zero-order chi connectivity index (χ0) is 16.1. The summed E-state index contributed by atoms with van der Waals surface area (Å²) in [5.74, 6) is 1.32. The van der Waals surface area contributed by atoms with E-state index in [-0.39, 0.29) is 5.91 Å². The van der Waals surface area contributed by atoms with E-state index in [2.05, 4.69) is 47.9 Å². The molecule has 1 aliphatic rings. The first-order chi connectivity index (χ1) is 11.2. The van der Waals surface area contributed by atoms with Gasteiger partial charge in [0.2, 0.25) is 5.91 Å². The van der Waals surface area contributed by atoms with Crippen LogP contribution in [-0.4, -0.2) is 19.0 Å². The highest BCUT2D eigenvalue weighted by Gasteiger charge is 2.21. The summed E-state index contributed by atoms with van der Waals surface area (Å²) in [5.41, 5.74) is 1.16. The number of nitrogens with one attached hydrogen (secondary N) is 2. The van der Waals surface area contributed by atoms with E-state index in [9.17, 15) is 4.79 Å². The van der Waals surface area contributed by atoms with Gasteiger partial charge in [0.05, 0.1) is 0 Å². The van der Waals surface area contributed by atoms with Crippen molar-refractivity contribution in [1.82, 2.24) is 10.6 Å². The second-order valence-corrected chi connectivity index (χ2v) is 6.73. The second-order valence-electron chi connectivity index (χ2n) is 6.73. The summed E-state index contributed by atoms with van der Waals surface area (Å²) >= 11 is 0. The van der Waals surface area contributed by atoms with Crippen molar-refractivity contribution in [3.8, 4) is 0 Å². The van der Waals surface area contributed by atoms with Crippen molar-refractivity contribution in [1.29, 1.82) is 0 Å². The maximum Gasteiger partial charge on any atom is 0.220 e. The number of rotatable bonds is 5. The molecule has 1 heterocycles. The van der Waals surface area contributed by atoms with E-state index in [0.717, 1.165) is 18.7 Å². The van der Waals surface area contributed by atoms with E-state index in [1.807, 2.05) is 12.1 Å². The molecule has 3 heteroatoms. The largest absolute Gasteiger partial charge is 0.352 e. The third-order valence-corrected chi connectivity index (χ3v) is 5.00. The lowest BCUT2D eigenvalue weighted by Gasteiger charge is -2.27. The van der Waals surface area contributed by atoms with Gasteiger partial charge in [0.15, 0.2) is 0 Å². The molecule has 0 spiro atoms. The molecule has 122 valence electrons. The zero-order valence-electron chi connectivity index (χ0n) is 13.8. The first-order valence-corrected chi connectivity index (χ1v) is 8.67. The minimum Gasteiger partial charge on any atom is -0.352 e. The Kier molecular flexibility index (Phi) is 5.29. The molecular formula is C20H26N2O. The molecule has 3 rings (SSSR count). The summed E-state index contributed by atoms with van der Waals surface area (Å²) in [6.07, 6.45) is 3.02. The summed E-state index contributed by atoms with van der Waals surface area (Å²) in [4.78, 5) is 12.2. The first kappa shape index (κ1) is 16.0. The van der Waals surface area contributed by atoms with Crippen molar-refractivity contribution < 1.29 is 4.79 Å². The van der Waals surface area contributed by atoms with Crippen molar-refractivity contribution in [2.24, 2.45) is 11.8 Å². The lowest BCUT2D eigenvalue weighted by atomic mass is 9.84. The number of benzene rings is 2. The summed E-state index contributed by atoms with van der Waals surface area (Å²) < 4.78 is 0. The fraction of sp³-hybridized carbons (Fsp3) is 0.450. The molecule has 0 aliphatic carbocycles. The molecule has 1 saturated heterocycles. The topological polar surface area (TPSA) is 41.1 Å². The molecule has 23 heavy (non-hydrogen) atoms. The predicted molar refractivity (Wildman–Crippen MR) is 95.2 cm³/mol. The van der Waals surface area contributed by atoms with Gasteiger partial charge in [-0.2, -0.15) is 0 Å². The van der Waals surface area contributed by atoms with Crippen LogP contribution < -0.4 is 10.6 Å². The van der Waals surface area contributed by atoms with Crippen LogP contribution >= 0.6 is 0 Å². The fourth-order valence-electron chi connectivity index (χ4n) is 3.49. The Morgan fingerprint density at radius 3 is 2.70 bits per heavy atom. The Morgan fingerprint density at radius 1 is 1.17 bits per heavy atom. The number of hydrogen-bond donors (Lipinski definition) is 2. The van der Waals surface area contributed by atoms with Crippen molar-refractivity contribution >= 4 is 16.7 Å². The maximum absolute atomic E-state index is 12.2. The Morgan fingerprint density at radius 2 is 1.91 bits per heavy atom. The number of fused-ring (bicyclic) bond motifs is 1. The predicted octanol–water partition coefficient (Wildman–Crippen LogP) is 3.48. The van der Waals surface area contributed by atoms with Crippen LogP contribution in [0.4, 0.5) is 0 Å². The molecule has 0 saturated carbocycles. The number of hydrogen-bond acceptors (Lipinski definition) is 2. The van der Waals surface area contributed by atoms with Gasteiger partial charge in [0.1, 0.15) is 0 Å². The highest BCUT2D eigenvalue weighted by Crippen LogP contribution is 2.24. The Hall–Kier alpha value is -1.87. The number of carbonyl (C=O) groups excluding carboxylic acids is 1. The zero-order valence-corrected chi connectivity index (χ0v) is 13.8. The molecule has 0 radical (unpaired) electrons. The second kappa shape index (κ2) is 7.60. The normalized spacial score (nSPS) is 17.1. The number of carbonyl (C=O) groups is 1. The van der Waals surface area contributed by atoms with Crippen molar-refractivity contribution in [3.05, 3.63) is 48.0 Å². The van der Waals surface area contributed by atoms with Gasteiger partial charge >= 0.3 is 0 Å². The molecule has 1 unspecified atom stereocenters. The SMILES string of the molecule is CC(CC(=O)NCc1ccc2ccccc2c1)C1CCNCC1. The van der Waals surface area contributed by atoms with Gasteiger partial charge in [0.25, 0.3) is 0 Å². The molecule has 1 atom stereocenters. The molecule has 1 fully saturated rings. The van der Waals surface area contributed by atoms with E-state index in [1.54, 1.807) is 0 Å². The van der Waals surface area contributed by atoms with E-state index < -0.39 is 0 Å². The van der Waals surface area contributed by atoms with Crippen LogP contribution in [0.1, 0.15) is 31.7 Å². The summed E-state index contributed by atoms with van der Waals surface area (Å²) in [6, 6.07) is 14.7. The Bertz CT molecular complexity index is 661. The molecule has 0 aromatic heterocycles. The highest BCUT2D eigenvalue weighted by molar-refractivity contribution is 5.83. The molecule has 0 bridgehead atoms. The monoisotopic (exact) mass is 310 g/mol. The number of piperidine rings is 1. The van der Waals surface area contributed by atoms with E-state index >= 15 is 0 Å². The smallest absolute Gasteiger partial charge is 0.220 e. The summed E-state index contributed by atoms with van der Waals surface area (Å²) in [5, 5.41) is 8.93. The van der Waals surface area contributed by atoms with Gasteiger partial charge in [-0.05, 0) is 60.2 Å². The Labute approximate surface area is 138 Å². The van der Waals surface area contributed by atoms with Crippen LogP contribution in [0.25, 0.3) is 10.8 Å². The molecule has 2 aromatic rings. The van der Waals surface area contributed by atoms with Crippen LogP contribution in [0.3, 0.4) is 0 Å². The van der Waals surface area contributed by atoms with Crippen LogP contribution in [0.2, 0.25) is 0 Å². The lowest BCUT2D eigenvalue weighted by molar-refractivity contribution is -0.122. The van der Waals surface area contributed by atoms with Crippen molar-refractivity contribution in [3.63, 3.8) is 0 Å². The molecular weight excluding hydrogens is 284 g/mol. The van der Waals surface area contributed by atoms with E-state index in [4.69, 9.17) is 0 Å². The molecule has 1 amide bonds.